The molecule has 0 radical (unpaired) electrons. The predicted molar refractivity (Wildman–Crippen MR) is 115 cm³/mol. The minimum Gasteiger partial charge on any atom is -0.364 e. The number of nitrogens with one attached hydrogen (secondary N) is 1. The molecule has 3 heterocycles. The van der Waals surface area contributed by atoms with Crippen molar-refractivity contribution in [1.82, 2.24) is 25.2 Å². The van der Waals surface area contributed by atoms with Gasteiger partial charge in [0.1, 0.15) is 6.26 Å². The molecule has 30 heavy (non-hydrogen) atoms. The van der Waals surface area contributed by atoms with Crippen LogP contribution in [0.25, 0.3) is 0 Å². The van der Waals surface area contributed by atoms with E-state index in [0.29, 0.717) is 6.42 Å². The maximum atomic E-state index is 12.5. The molecule has 0 saturated carbocycles. The van der Waals surface area contributed by atoms with Gasteiger partial charge in [0.15, 0.2) is 5.96 Å². The summed E-state index contributed by atoms with van der Waals surface area (Å²) in [6.07, 6.45) is 2.98. The van der Waals surface area contributed by atoms with Crippen LogP contribution in [0.1, 0.15) is 29.7 Å². The minimum absolute atomic E-state index is 0.226. The zero-order valence-corrected chi connectivity index (χ0v) is 17.6. The van der Waals surface area contributed by atoms with E-state index in [4.69, 9.17) is 4.52 Å². The van der Waals surface area contributed by atoms with Crippen LogP contribution < -0.4 is 5.32 Å². The third-order valence-corrected chi connectivity index (χ3v) is 5.80. The Bertz CT molecular complexity index is 833. The molecule has 2 aliphatic rings. The molecule has 1 aromatic heterocycles. The Kier molecular flexibility index (Phi) is 6.63. The van der Waals surface area contributed by atoms with Crippen molar-refractivity contribution in [2.45, 2.75) is 32.5 Å². The molecular formula is C22H30N6O2. The van der Waals surface area contributed by atoms with Gasteiger partial charge in [-0.3, -0.25) is 14.7 Å². The van der Waals surface area contributed by atoms with Crippen molar-refractivity contribution in [3.8, 4) is 0 Å². The maximum Gasteiger partial charge on any atom is 0.223 e. The average molecular weight is 411 g/mol. The molecule has 0 aliphatic carbocycles. The van der Waals surface area contributed by atoms with Crippen LogP contribution in [0.5, 0.6) is 0 Å². The minimum atomic E-state index is 0.226. The second-order valence-electron chi connectivity index (χ2n) is 7.85. The van der Waals surface area contributed by atoms with E-state index in [-0.39, 0.29) is 5.91 Å². The fraction of sp³-hybridized carbons (Fsp3) is 0.500. The van der Waals surface area contributed by atoms with Crippen molar-refractivity contribution in [2.75, 3.05) is 39.8 Å². The second kappa shape index (κ2) is 9.75. The van der Waals surface area contributed by atoms with E-state index in [0.717, 1.165) is 70.4 Å². The summed E-state index contributed by atoms with van der Waals surface area (Å²) in [6, 6.07) is 10.2. The highest BCUT2D eigenvalue weighted by atomic mass is 16.5. The molecule has 4 rings (SSSR count). The lowest BCUT2D eigenvalue weighted by molar-refractivity contribution is -0.131. The van der Waals surface area contributed by atoms with E-state index in [2.05, 4.69) is 37.4 Å². The Morgan fingerprint density at radius 2 is 1.83 bits per heavy atom. The molecule has 1 N–H and O–H groups in total. The van der Waals surface area contributed by atoms with Gasteiger partial charge in [0.25, 0.3) is 0 Å². The van der Waals surface area contributed by atoms with Crippen LogP contribution in [-0.4, -0.2) is 71.5 Å². The highest BCUT2D eigenvalue weighted by molar-refractivity contribution is 5.80. The first-order valence-electron chi connectivity index (χ1n) is 10.6. The van der Waals surface area contributed by atoms with Crippen LogP contribution in [0.15, 0.2) is 46.1 Å². The van der Waals surface area contributed by atoms with Gasteiger partial charge < -0.3 is 19.6 Å². The first-order valence-corrected chi connectivity index (χ1v) is 10.6. The molecule has 0 bridgehead atoms. The van der Waals surface area contributed by atoms with E-state index in [1.54, 1.807) is 6.26 Å². The monoisotopic (exact) mass is 410 g/mol. The predicted octanol–water partition coefficient (Wildman–Crippen LogP) is 1.69. The van der Waals surface area contributed by atoms with Crippen molar-refractivity contribution < 1.29 is 9.32 Å². The largest absolute Gasteiger partial charge is 0.364 e. The quantitative estimate of drug-likeness (QED) is 0.444. The average Bonchev–Trinajstić information content (AvgIpc) is 3.44. The third-order valence-electron chi connectivity index (χ3n) is 5.80. The highest BCUT2D eigenvalue weighted by Crippen LogP contribution is 2.22. The molecule has 0 atom stereocenters. The molecule has 2 aromatic rings. The summed E-state index contributed by atoms with van der Waals surface area (Å²) >= 11 is 0. The molecule has 0 spiro atoms. The molecule has 2 aliphatic heterocycles. The number of guanidine groups is 1. The Labute approximate surface area is 177 Å². The van der Waals surface area contributed by atoms with Crippen molar-refractivity contribution in [2.24, 2.45) is 4.99 Å². The lowest BCUT2D eigenvalue weighted by Crippen LogP contribution is -2.52. The van der Waals surface area contributed by atoms with Crippen molar-refractivity contribution in [3.05, 3.63) is 53.4 Å². The van der Waals surface area contributed by atoms with Gasteiger partial charge in [-0.25, -0.2) is 0 Å². The summed E-state index contributed by atoms with van der Waals surface area (Å²) in [5.74, 6) is 1.14. The summed E-state index contributed by atoms with van der Waals surface area (Å²) in [6.45, 7) is 6.80. The summed E-state index contributed by atoms with van der Waals surface area (Å²) in [5.41, 5.74) is 3.51. The van der Waals surface area contributed by atoms with Gasteiger partial charge in [0, 0.05) is 71.9 Å². The topological polar surface area (TPSA) is 77.2 Å². The molecule has 1 aromatic carbocycles. The smallest absolute Gasteiger partial charge is 0.223 e. The van der Waals surface area contributed by atoms with E-state index in [1.165, 1.54) is 11.1 Å². The molecule has 8 heteroatoms. The lowest BCUT2D eigenvalue weighted by Gasteiger charge is -2.36. The first kappa shape index (κ1) is 20.4. The SMILES string of the molecule is CN=C(NCCCC(=O)N1Cc2ccccc2C1)N1CCN(Cc2ccon2)CC1. The van der Waals surface area contributed by atoms with Crippen LogP contribution in [0, 0.1) is 0 Å². The summed E-state index contributed by atoms with van der Waals surface area (Å²) in [4.78, 5) is 23.6. The number of benzene rings is 1. The van der Waals surface area contributed by atoms with Gasteiger partial charge in [0.05, 0.1) is 5.69 Å². The number of carbonyl (C=O) groups excluding carboxylic acids is 1. The Morgan fingerprint density at radius 1 is 1.10 bits per heavy atom. The standard InChI is InChI=1S/C22H30N6O2/c1-23-22(27-12-10-26(11-13-27)17-20-8-14-30-25-20)24-9-4-7-21(29)28-15-18-5-2-3-6-19(18)16-28/h2-3,5-6,8,14H,4,7,9-13,15-17H2,1H3,(H,23,24). The van der Waals surface area contributed by atoms with Crippen molar-refractivity contribution in [3.63, 3.8) is 0 Å². The zero-order chi connectivity index (χ0) is 20.8. The number of hydrogen-bond donors (Lipinski definition) is 1. The zero-order valence-electron chi connectivity index (χ0n) is 17.6. The van der Waals surface area contributed by atoms with Gasteiger partial charge in [-0.05, 0) is 17.5 Å². The molecule has 1 amide bonds. The molecular weight excluding hydrogens is 380 g/mol. The second-order valence-corrected chi connectivity index (χ2v) is 7.85. The fourth-order valence-electron chi connectivity index (χ4n) is 4.11. The van der Waals surface area contributed by atoms with Gasteiger partial charge in [-0.2, -0.15) is 0 Å². The number of carbonyl (C=O) groups is 1. The van der Waals surface area contributed by atoms with Gasteiger partial charge in [-0.15, -0.1) is 0 Å². The number of aliphatic imine (C=N–C) groups is 1. The normalized spacial score (nSPS) is 17.3. The number of nitrogens with zero attached hydrogens (tertiary/aromatic N) is 5. The van der Waals surface area contributed by atoms with Gasteiger partial charge in [-0.1, -0.05) is 29.4 Å². The number of fused-ring (bicyclic) bond motifs is 1. The van der Waals surface area contributed by atoms with Crippen LogP contribution >= 0.6 is 0 Å². The number of rotatable bonds is 6. The van der Waals surface area contributed by atoms with Gasteiger partial charge >= 0.3 is 0 Å². The van der Waals surface area contributed by atoms with Crippen molar-refractivity contribution >= 4 is 11.9 Å². The third kappa shape index (κ3) is 4.99. The van der Waals surface area contributed by atoms with Crippen LogP contribution in [0.2, 0.25) is 0 Å². The Morgan fingerprint density at radius 3 is 2.47 bits per heavy atom. The van der Waals surface area contributed by atoms with Crippen LogP contribution in [0.3, 0.4) is 0 Å². The Hall–Kier alpha value is -2.87. The number of amides is 1. The number of aromatic nitrogens is 1. The van der Waals surface area contributed by atoms with Crippen molar-refractivity contribution in [1.29, 1.82) is 0 Å². The molecule has 1 fully saturated rings. The van der Waals surface area contributed by atoms with Crippen LogP contribution in [-0.2, 0) is 24.4 Å². The molecule has 160 valence electrons. The van der Waals surface area contributed by atoms with E-state index in [1.807, 2.05) is 30.1 Å². The molecule has 0 unspecified atom stereocenters. The highest BCUT2D eigenvalue weighted by Gasteiger charge is 2.23. The van der Waals surface area contributed by atoms with E-state index < -0.39 is 0 Å². The summed E-state index contributed by atoms with van der Waals surface area (Å²) in [5, 5.41) is 7.41. The van der Waals surface area contributed by atoms with Gasteiger partial charge in [0.2, 0.25) is 5.91 Å². The van der Waals surface area contributed by atoms with Crippen LogP contribution in [0.4, 0.5) is 0 Å². The molecule has 8 nitrogen and oxygen atoms in total. The maximum absolute atomic E-state index is 12.5. The number of piperazine rings is 1. The lowest BCUT2D eigenvalue weighted by atomic mass is 10.1. The first-order chi connectivity index (χ1) is 14.7. The fourth-order valence-corrected chi connectivity index (χ4v) is 4.11. The Balaban J connectivity index is 1.15. The molecule has 1 saturated heterocycles. The number of hydrogen-bond acceptors (Lipinski definition) is 5. The van der Waals surface area contributed by atoms with E-state index in [9.17, 15) is 4.79 Å². The summed E-state index contributed by atoms with van der Waals surface area (Å²) in [7, 11) is 1.82. The summed E-state index contributed by atoms with van der Waals surface area (Å²) < 4.78 is 4.91. The van der Waals surface area contributed by atoms with E-state index >= 15 is 0 Å².